The molecule has 0 spiro atoms. The molecule has 0 radical (unpaired) electrons. The molecule has 3 fully saturated rings. The zero-order valence-electron chi connectivity index (χ0n) is 13.6. The Bertz CT molecular complexity index is 692. The van der Waals surface area contributed by atoms with E-state index in [1.165, 1.54) is 13.8 Å². The van der Waals surface area contributed by atoms with Gasteiger partial charge >= 0.3 is 6.11 Å². The highest BCUT2D eigenvalue weighted by Crippen LogP contribution is 2.68. The van der Waals surface area contributed by atoms with Crippen molar-refractivity contribution in [3.63, 3.8) is 0 Å². The summed E-state index contributed by atoms with van der Waals surface area (Å²) < 4.78 is 104. The van der Waals surface area contributed by atoms with Crippen molar-refractivity contribution in [3.05, 3.63) is 29.3 Å². The third-order valence-electron chi connectivity index (χ3n) is 5.91. The normalized spacial score (nSPS) is 34.2. The molecule has 3 saturated carbocycles. The lowest BCUT2D eigenvalue weighted by Crippen LogP contribution is -2.68. The van der Waals surface area contributed by atoms with E-state index in [2.05, 4.69) is 4.74 Å². The van der Waals surface area contributed by atoms with Gasteiger partial charge in [-0.2, -0.15) is 13.2 Å². The Morgan fingerprint density at radius 1 is 1.04 bits per heavy atom. The van der Waals surface area contributed by atoms with Crippen molar-refractivity contribution < 1.29 is 35.5 Å². The largest absolute Gasteiger partial charge is 0.429 e. The molecule has 0 amide bonds. The van der Waals surface area contributed by atoms with Crippen LogP contribution in [0.15, 0.2) is 12.1 Å². The van der Waals surface area contributed by atoms with Crippen LogP contribution < -0.4 is 4.74 Å². The standard InChI is InChI=1S/C17H17F7O/c1-9-3-4-10(12(19)11(9)18)25-17(23,24)15-7-5-14(2,6-8-15)16(21,22)13(15)20/h3-4,13H,5-8H2,1-2H3. The summed E-state index contributed by atoms with van der Waals surface area (Å²) in [6.07, 6.45) is -9.21. The Hall–Kier alpha value is -1.47. The molecule has 25 heavy (non-hydrogen) atoms. The lowest BCUT2D eigenvalue weighted by molar-refractivity contribution is -0.359. The van der Waals surface area contributed by atoms with Gasteiger partial charge in [-0.05, 0) is 44.2 Å². The predicted molar refractivity (Wildman–Crippen MR) is 75.5 cm³/mol. The number of ether oxygens (including phenoxy) is 1. The Labute approximate surface area is 140 Å². The van der Waals surface area contributed by atoms with E-state index in [9.17, 15) is 30.7 Å². The number of fused-ring (bicyclic) bond motifs is 3. The first-order valence-corrected chi connectivity index (χ1v) is 7.91. The molecular weight excluding hydrogens is 353 g/mol. The summed E-state index contributed by atoms with van der Waals surface area (Å²) in [7, 11) is 0. The first kappa shape index (κ1) is 18.3. The van der Waals surface area contributed by atoms with Crippen molar-refractivity contribution >= 4 is 0 Å². The monoisotopic (exact) mass is 370 g/mol. The van der Waals surface area contributed by atoms with Crippen LogP contribution in [0.5, 0.6) is 5.75 Å². The predicted octanol–water partition coefficient (Wildman–Crippen LogP) is 5.80. The minimum absolute atomic E-state index is 0.132. The molecular formula is C17H17F7O. The van der Waals surface area contributed by atoms with Crippen LogP contribution in [0.4, 0.5) is 30.7 Å². The van der Waals surface area contributed by atoms with Crippen LogP contribution in [0.1, 0.15) is 38.2 Å². The summed E-state index contributed by atoms with van der Waals surface area (Å²) in [5.41, 5.74) is -4.60. The third-order valence-corrected chi connectivity index (χ3v) is 5.91. The first-order valence-electron chi connectivity index (χ1n) is 7.91. The molecule has 4 rings (SSSR count). The number of hydrogen-bond acceptors (Lipinski definition) is 1. The second kappa shape index (κ2) is 5.27. The maximum Gasteiger partial charge on any atom is 0.406 e. The van der Waals surface area contributed by atoms with Gasteiger partial charge < -0.3 is 4.74 Å². The number of benzene rings is 1. The molecule has 1 aromatic carbocycles. The highest BCUT2D eigenvalue weighted by molar-refractivity contribution is 5.31. The highest BCUT2D eigenvalue weighted by Gasteiger charge is 2.77. The summed E-state index contributed by atoms with van der Waals surface area (Å²) in [6, 6.07) is 1.79. The molecule has 0 heterocycles. The molecule has 0 aliphatic heterocycles. The second-order valence-electron chi connectivity index (χ2n) is 7.33. The van der Waals surface area contributed by atoms with Gasteiger partial charge in [0.05, 0.1) is 0 Å². The van der Waals surface area contributed by atoms with Crippen LogP contribution in [0.3, 0.4) is 0 Å². The Morgan fingerprint density at radius 2 is 1.60 bits per heavy atom. The van der Waals surface area contributed by atoms with E-state index in [-0.39, 0.29) is 18.4 Å². The zero-order valence-corrected chi connectivity index (χ0v) is 13.6. The topological polar surface area (TPSA) is 9.23 Å². The molecule has 8 heteroatoms. The van der Waals surface area contributed by atoms with Crippen molar-refractivity contribution in [1.82, 2.24) is 0 Å². The van der Waals surface area contributed by atoms with Crippen molar-refractivity contribution in [3.8, 4) is 5.75 Å². The number of alkyl halides is 5. The molecule has 3 aliphatic carbocycles. The third kappa shape index (κ3) is 2.28. The van der Waals surface area contributed by atoms with Gasteiger partial charge in [0, 0.05) is 5.41 Å². The second-order valence-corrected chi connectivity index (χ2v) is 7.33. The highest BCUT2D eigenvalue weighted by atomic mass is 19.3. The lowest BCUT2D eigenvalue weighted by atomic mass is 9.51. The first-order chi connectivity index (χ1) is 11.4. The Balaban J connectivity index is 1.99. The minimum atomic E-state index is -4.42. The van der Waals surface area contributed by atoms with Crippen molar-refractivity contribution in [2.24, 2.45) is 10.8 Å². The number of rotatable bonds is 3. The van der Waals surface area contributed by atoms with E-state index in [1.54, 1.807) is 0 Å². The maximum atomic E-state index is 14.7. The lowest BCUT2D eigenvalue weighted by Gasteiger charge is -2.58. The molecule has 2 bridgehead atoms. The van der Waals surface area contributed by atoms with Gasteiger partial charge in [-0.25, -0.2) is 17.6 Å². The molecule has 1 nitrogen and oxygen atoms in total. The van der Waals surface area contributed by atoms with Gasteiger partial charge in [-0.1, -0.05) is 13.0 Å². The van der Waals surface area contributed by atoms with Gasteiger partial charge in [0.15, 0.2) is 17.7 Å². The van der Waals surface area contributed by atoms with Crippen molar-refractivity contribution in [2.75, 3.05) is 0 Å². The van der Waals surface area contributed by atoms with Crippen LogP contribution in [0.2, 0.25) is 0 Å². The van der Waals surface area contributed by atoms with Gasteiger partial charge in [0.25, 0.3) is 5.92 Å². The zero-order chi connectivity index (χ0) is 18.8. The molecule has 0 N–H and O–H groups in total. The average Bonchev–Trinajstić information content (AvgIpc) is 2.54. The van der Waals surface area contributed by atoms with Crippen LogP contribution in [0, 0.1) is 29.4 Å². The Kier molecular flexibility index (Phi) is 3.86. The molecule has 1 unspecified atom stereocenters. The van der Waals surface area contributed by atoms with Gasteiger partial charge in [0.1, 0.15) is 5.41 Å². The SMILES string of the molecule is Cc1ccc(OC(F)(F)C23CCC(C)(CC2)C(F)(F)C3F)c(F)c1F. The summed E-state index contributed by atoms with van der Waals surface area (Å²) >= 11 is 0. The van der Waals surface area contributed by atoms with E-state index in [4.69, 9.17) is 0 Å². The smallest absolute Gasteiger partial charge is 0.406 e. The van der Waals surface area contributed by atoms with Crippen LogP contribution in [-0.2, 0) is 0 Å². The van der Waals surface area contributed by atoms with Gasteiger partial charge in [-0.3, -0.25) is 0 Å². The van der Waals surface area contributed by atoms with Crippen LogP contribution >= 0.6 is 0 Å². The number of aryl methyl sites for hydroxylation is 1. The van der Waals surface area contributed by atoms with Crippen molar-refractivity contribution in [1.29, 1.82) is 0 Å². The van der Waals surface area contributed by atoms with Gasteiger partial charge in [-0.15, -0.1) is 0 Å². The molecule has 0 aromatic heterocycles. The van der Waals surface area contributed by atoms with Crippen molar-refractivity contribution in [2.45, 2.75) is 57.7 Å². The van der Waals surface area contributed by atoms with Crippen LogP contribution in [-0.4, -0.2) is 18.2 Å². The Morgan fingerprint density at radius 3 is 2.16 bits per heavy atom. The maximum absolute atomic E-state index is 14.7. The molecule has 1 atom stereocenters. The minimum Gasteiger partial charge on any atom is -0.429 e. The molecule has 3 aliphatic rings. The number of halogens is 7. The molecule has 140 valence electrons. The summed E-state index contributed by atoms with van der Waals surface area (Å²) in [5.74, 6) is -8.12. The van der Waals surface area contributed by atoms with E-state index < -0.39 is 59.3 Å². The average molecular weight is 370 g/mol. The summed E-state index contributed by atoms with van der Waals surface area (Å²) in [5, 5.41) is 0. The molecule has 0 saturated heterocycles. The van der Waals surface area contributed by atoms with E-state index in [0.29, 0.717) is 0 Å². The quantitative estimate of drug-likeness (QED) is 0.611. The summed E-state index contributed by atoms with van der Waals surface area (Å²) in [6.45, 7) is 2.40. The fourth-order valence-corrected chi connectivity index (χ4v) is 3.87. The van der Waals surface area contributed by atoms with E-state index in [1.807, 2.05) is 0 Å². The van der Waals surface area contributed by atoms with Gasteiger partial charge in [0.2, 0.25) is 5.82 Å². The molecule has 1 aromatic rings. The fourth-order valence-electron chi connectivity index (χ4n) is 3.87. The fraction of sp³-hybridized carbons (Fsp3) is 0.647. The van der Waals surface area contributed by atoms with Crippen LogP contribution in [0.25, 0.3) is 0 Å². The van der Waals surface area contributed by atoms with E-state index >= 15 is 0 Å². The summed E-state index contributed by atoms with van der Waals surface area (Å²) in [4.78, 5) is 0. The number of hydrogen-bond donors (Lipinski definition) is 0. The van der Waals surface area contributed by atoms with E-state index in [0.717, 1.165) is 12.1 Å².